The Labute approximate surface area is 147 Å². The molecule has 0 unspecified atom stereocenters. The average Bonchev–Trinajstić information content (AvgIpc) is 3.23. The zero-order chi connectivity index (χ0) is 18.2. The Bertz CT molecular complexity index is 744. The van der Waals surface area contributed by atoms with E-state index in [1.54, 1.807) is 22.0 Å². The molecule has 0 radical (unpaired) electrons. The van der Waals surface area contributed by atoms with Crippen molar-refractivity contribution in [1.82, 2.24) is 24.9 Å². The van der Waals surface area contributed by atoms with E-state index in [0.29, 0.717) is 37.0 Å². The lowest BCUT2D eigenvalue weighted by Gasteiger charge is -2.31. The molecule has 1 atom stereocenters. The SMILES string of the molecule is CC(C)c1nnc([C@H]2CN(C(=O)c3cnn(C(C)(C)C)c3)CCO2)o1. The summed E-state index contributed by atoms with van der Waals surface area (Å²) < 4.78 is 13.2. The molecule has 1 amide bonds. The van der Waals surface area contributed by atoms with E-state index in [2.05, 4.69) is 15.3 Å². The van der Waals surface area contributed by atoms with Crippen molar-refractivity contribution in [3.05, 3.63) is 29.7 Å². The monoisotopic (exact) mass is 347 g/mol. The van der Waals surface area contributed by atoms with Gasteiger partial charge in [0.05, 0.1) is 30.5 Å². The summed E-state index contributed by atoms with van der Waals surface area (Å²) in [6, 6.07) is 0. The van der Waals surface area contributed by atoms with Crippen molar-refractivity contribution in [3.63, 3.8) is 0 Å². The van der Waals surface area contributed by atoms with Crippen molar-refractivity contribution in [3.8, 4) is 0 Å². The van der Waals surface area contributed by atoms with Crippen LogP contribution in [0.25, 0.3) is 0 Å². The molecule has 8 nitrogen and oxygen atoms in total. The van der Waals surface area contributed by atoms with Crippen molar-refractivity contribution in [2.24, 2.45) is 0 Å². The van der Waals surface area contributed by atoms with E-state index in [9.17, 15) is 4.79 Å². The van der Waals surface area contributed by atoms with E-state index in [1.807, 2.05) is 34.6 Å². The van der Waals surface area contributed by atoms with Gasteiger partial charge in [-0.05, 0) is 20.8 Å². The molecule has 0 aromatic carbocycles. The first-order chi connectivity index (χ1) is 11.8. The summed E-state index contributed by atoms with van der Waals surface area (Å²) >= 11 is 0. The fraction of sp³-hybridized carbons (Fsp3) is 0.647. The molecule has 2 aromatic heterocycles. The molecule has 0 bridgehead atoms. The van der Waals surface area contributed by atoms with Gasteiger partial charge in [-0.2, -0.15) is 5.10 Å². The van der Waals surface area contributed by atoms with Crippen LogP contribution < -0.4 is 0 Å². The quantitative estimate of drug-likeness (QED) is 0.847. The summed E-state index contributed by atoms with van der Waals surface area (Å²) in [5.74, 6) is 1.10. The molecule has 3 heterocycles. The number of nitrogens with zero attached hydrogens (tertiary/aromatic N) is 5. The number of morpholine rings is 1. The summed E-state index contributed by atoms with van der Waals surface area (Å²) in [5, 5.41) is 12.4. The summed E-state index contributed by atoms with van der Waals surface area (Å²) in [6.07, 6.45) is 3.01. The molecule has 1 fully saturated rings. The highest BCUT2D eigenvalue weighted by Gasteiger charge is 2.30. The molecule has 0 N–H and O–H groups in total. The van der Waals surface area contributed by atoms with Gasteiger partial charge in [-0.15, -0.1) is 10.2 Å². The largest absolute Gasteiger partial charge is 0.422 e. The van der Waals surface area contributed by atoms with Gasteiger partial charge in [-0.3, -0.25) is 9.48 Å². The first kappa shape index (κ1) is 17.6. The van der Waals surface area contributed by atoms with Gasteiger partial charge >= 0.3 is 0 Å². The first-order valence-electron chi connectivity index (χ1n) is 8.55. The van der Waals surface area contributed by atoms with Crippen molar-refractivity contribution in [1.29, 1.82) is 0 Å². The smallest absolute Gasteiger partial charge is 0.257 e. The van der Waals surface area contributed by atoms with Gasteiger partial charge in [0.15, 0.2) is 6.10 Å². The second kappa shape index (κ2) is 6.59. The van der Waals surface area contributed by atoms with Crippen molar-refractivity contribution in [2.45, 2.75) is 52.2 Å². The van der Waals surface area contributed by atoms with E-state index in [4.69, 9.17) is 9.15 Å². The molecule has 0 aliphatic carbocycles. The lowest BCUT2D eigenvalue weighted by atomic mass is 10.1. The minimum atomic E-state index is -0.393. The maximum absolute atomic E-state index is 12.8. The third-order valence-electron chi connectivity index (χ3n) is 4.10. The molecule has 0 saturated carbocycles. The number of hydrogen-bond acceptors (Lipinski definition) is 6. The number of hydrogen-bond donors (Lipinski definition) is 0. The van der Waals surface area contributed by atoms with Crippen LogP contribution in [0.5, 0.6) is 0 Å². The zero-order valence-corrected chi connectivity index (χ0v) is 15.4. The number of carbonyl (C=O) groups excluding carboxylic acids is 1. The Morgan fingerprint density at radius 2 is 2.08 bits per heavy atom. The highest BCUT2D eigenvalue weighted by Crippen LogP contribution is 2.24. The van der Waals surface area contributed by atoms with Crippen molar-refractivity contribution >= 4 is 5.91 Å². The Kier molecular flexibility index (Phi) is 4.64. The van der Waals surface area contributed by atoms with Crippen LogP contribution in [0.4, 0.5) is 0 Å². The standard InChI is InChI=1S/C17H25N5O3/c1-11(2)14-19-20-15(25-14)13-10-21(6-7-24-13)16(23)12-8-18-22(9-12)17(3,4)5/h8-9,11,13H,6-7,10H2,1-5H3/t13-/m1/s1. The number of ether oxygens (including phenoxy) is 1. The van der Waals surface area contributed by atoms with E-state index in [1.165, 1.54) is 0 Å². The van der Waals surface area contributed by atoms with Gasteiger partial charge in [0.2, 0.25) is 11.8 Å². The van der Waals surface area contributed by atoms with Crippen LogP contribution in [-0.4, -0.2) is 50.5 Å². The predicted octanol–water partition coefficient (Wildman–Crippen LogP) is 2.36. The van der Waals surface area contributed by atoms with Gasteiger partial charge in [-0.1, -0.05) is 13.8 Å². The zero-order valence-electron chi connectivity index (χ0n) is 15.4. The molecule has 1 aliphatic rings. The second-order valence-corrected chi connectivity index (χ2v) is 7.59. The summed E-state index contributed by atoms with van der Waals surface area (Å²) in [6.45, 7) is 11.5. The molecule has 25 heavy (non-hydrogen) atoms. The highest BCUT2D eigenvalue weighted by molar-refractivity contribution is 5.93. The van der Waals surface area contributed by atoms with Crippen LogP contribution in [0, 0.1) is 0 Å². The molecular weight excluding hydrogens is 322 g/mol. The van der Waals surface area contributed by atoms with Gasteiger partial charge in [-0.25, -0.2) is 0 Å². The van der Waals surface area contributed by atoms with Crippen molar-refractivity contribution in [2.75, 3.05) is 19.7 Å². The lowest BCUT2D eigenvalue weighted by molar-refractivity contribution is -0.0351. The van der Waals surface area contributed by atoms with Crippen LogP contribution in [0.3, 0.4) is 0 Å². The molecule has 1 saturated heterocycles. The third kappa shape index (κ3) is 3.73. The number of amides is 1. The summed E-state index contributed by atoms with van der Waals surface area (Å²) in [5.41, 5.74) is 0.410. The fourth-order valence-corrected chi connectivity index (χ4v) is 2.58. The summed E-state index contributed by atoms with van der Waals surface area (Å²) in [7, 11) is 0. The molecule has 3 rings (SSSR count). The second-order valence-electron chi connectivity index (χ2n) is 7.59. The predicted molar refractivity (Wildman–Crippen MR) is 90.2 cm³/mol. The van der Waals surface area contributed by atoms with Crippen LogP contribution in [0.15, 0.2) is 16.8 Å². The number of aromatic nitrogens is 4. The van der Waals surface area contributed by atoms with Gasteiger partial charge in [0, 0.05) is 18.7 Å². The Morgan fingerprint density at radius 1 is 1.32 bits per heavy atom. The van der Waals surface area contributed by atoms with Gasteiger partial charge in [0.1, 0.15) is 0 Å². The number of rotatable bonds is 3. The summed E-state index contributed by atoms with van der Waals surface area (Å²) in [4.78, 5) is 14.5. The first-order valence-corrected chi connectivity index (χ1v) is 8.55. The van der Waals surface area contributed by atoms with E-state index in [0.717, 1.165) is 0 Å². The fourth-order valence-electron chi connectivity index (χ4n) is 2.58. The molecule has 136 valence electrons. The Hall–Kier alpha value is -2.22. The van der Waals surface area contributed by atoms with E-state index >= 15 is 0 Å². The molecule has 1 aliphatic heterocycles. The topological polar surface area (TPSA) is 86.3 Å². The highest BCUT2D eigenvalue weighted by atomic mass is 16.5. The van der Waals surface area contributed by atoms with Crippen LogP contribution in [0.1, 0.15) is 68.8 Å². The maximum atomic E-state index is 12.8. The third-order valence-corrected chi connectivity index (χ3v) is 4.10. The minimum Gasteiger partial charge on any atom is -0.422 e. The maximum Gasteiger partial charge on any atom is 0.257 e. The lowest BCUT2D eigenvalue weighted by Crippen LogP contribution is -2.42. The Balaban J connectivity index is 1.72. The molecular formula is C17H25N5O3. The van der Waals surface area contributed by atoms with Crippen molar-refractivity contribution < 1.29 is 13.9 Å². The molecule has 0 spiro atoms. The molecule has 2 aromatic rings. The number of carbonyl (C=O) groups is 1. The van der Waals surface area contributed by atoms with E-state index < -0.39 is 6.10 Å². The Morgan fingerprint density at radius 3 is 2.68 bits per heavy atom. The normalized spacial score (nSPS) is 18.8. The van der Waals surface area contributed by atoms with Gasteiger partial charge < -0.3 is 14.1 Å². The van der Waals surface area contributed by atoms with Crippen LogP contribution in [-0.2, 0) is 10.3 Å². The van der Waals surface area contributed by atoms with E-state index in [-0.39, 0.29) is 17.4 Å². The average molecular weight is 347 g/mol. The van der Waals surface area contributed by atoms with Crippen LogP contribution in [0.2, 0.25) is 0 Å². The molecule has 8 heteroatoms. The van der Waals surface area contributed by atoms with Gasteiger partial charge in [0.25, 0.3) is 5.91 Å². The minimum absolute atomic E-state index is 0.0626. The van der Waals surface area contributed by atoms with Crippen LogP contribution >= 0.6 is 0 Å².